The Labute approximate surface area is 110 Å². The van der Waals surface area contributed by atoms with Crippen LogP contribution in [0.5, 0.6) is 0 Å². The van der Waals surface area contributed by atoms with Gasteiger partial charge in [0, 0.05) is 28.6 Å². The molecule has 3 rings (SSSR count). The number of nitrogens with two attached hydrogens (primary N) is 1. The first-order chi connectivity index (χ1) is 8.86. The molecule has 0 spiro atoms. The van der Waals surface area contributed by atoms with Crippen LogP contribution in [-0.2, 0) is 0 Å². The molecule has 0 aliphatic heterocycles. The van der Waals surface area contributed by atoms with E-state index in [1.165, 1.54) is 25.7 Å². The van der Waals surface area contributed by atoms with Gasteiger partial charge in [0.1, 0.15) is 5.82 Å². The van der Waals surface area contributed by atoms with Crippen molar-refractivity contribution in [2.45, 2.75) is 31.6 Å². The second kappa shape index (κ2) is 5.04. The number of rotatable bonds is 3. The minimum absolute atomic E-state index is 0.567. The van der Waals surface area contributed by atoms with Crippen molar-refractivity contribution in [3.05, 3.63) is 28.6 Å². The van der Waals surface area contributed by atoms with Crippen molar-refractivity contribution in [1.29, 1.82) is 0 Å². The summed E-state index contributed by atoms with van der Waals surface area (Å²) in [4.78, 5) is 9.13. The summed E-state index contributed by atoms with van der Waals surface area (Å²) in [5.74, 6) is 7.54. The molecule has 0 bridgehead atoms. The topological polar surface area (TPSA) is 63.8 Å². The third kappa shape index (κ3) is 2.23. The molecule has 0 saturated heterocycles. The number of thiophene rings is 1. The van der Waals surface area contributed by atoms with Crippen LogP contribution in [0, 0.1) is 0 Å². The lowest BCUT2D eigenvalue weighted by molar-refractivity contribution is 0.695. The lowest BCUT2D eigenvalue weighted by atomic mass is 10.0. The summed E-state index contributed by atoms with van der Waals surface area (Å²) in [6, 6.07) is 4.02. The Morgan fingerprint density at radius 2 is 2.11 bits per heavy atom. The highest BCUT2D eigenvalue weighted by Crippen LogP contribution is 2.34. The van der Waals surface area contributed by atoms with Gasteiger partial charge in [0.15, 0.2) is 5.82 Å². The van der Waals surface area contributed by atoms with Gasteiger partial charge in [-0.3, -0.25) is 0 Å². The zero-order chi connectivity index (χ0) is 12.4. The molecule has 5 heteroatoms. The van der Waals surface area contributed by atoms with Gasteiger partial charge in [0.2, 0.25) is 0 Å². The average Bonchev–Trinajstić information content (AvgIpc) is 3.10. The van der Waals surface area contributed by atoms with Gasteiger partial charge >= 0.3 is 0 Å². The molecule has 18 heavy (non-hydrogen) atoms. The van der Waals surface area contributed by atoms with Gasteiger partial charge in [-0.05, 0) is 24.3 Å². The molecule has 1 fully saturated rings. The van der Waals surface area contributed by atoms with Crippen LogP contribution in [0.1, 0.15) is 37.3 Å². The van der Waals surface area contributed by atoms with Gasteiger partial charge in [-0.1, -0.05) is 12.8 Å². The van der Waals surface area contributed by atoms with E-state index in [2.05, 4.69) is 15.8 Å². The highest BCUT2D eigenvalue weighted by molar-refractivity contribution is 7.08. The Kier molecular flexibility index (Phi) is 3.25. The number of nitrogen functional groups attached to an aromatic ring is 1. The number of nitrogens with zero attached hydrogens (tertiary/aromatic N) is 2. The molecule has 0 aromatic carbocycles. The van der Waals surface area contributed by atoms with Gasteiger partial charge in [0.05, 0.1) is 0 Å². The predicted octanol–water partition coefficient (Wildman–Crippen LogP) is 3.15. The molecule has 0 amide bonds. The highest BCUT2D eigenvalue weighted by Gasteiger charge is 2.20. The molecule has 94 valence electrons. The monoisotopic (exact) mass is 260 g/mol. The normalized spacial score (nSPS) is 16.1. The first kappa shape index (κ1) is 11.6. The highest BCUT2D eigenvalue weighted by atomic mass is 32.1. The van der Waals surface area contributed by atoms with Crippen LogP contribution in [-0.4, -0.2) is 9.97 Å². The Balaban J connectivity index is 2.01. The van der Waals surface area contributed by atoms with E-state index in [1.54, 1.807) is 11.3 Å². The zero-order valence-corrected chi connectivity index (χ0v) is 10.9. The van der Waals surface area contributed by atoms with E-state index >= 15 is 0 Å². The summed E-state index contributed by atoms with van der Waals surface area (Å²) in [5, 5.41) is 4.10. The van der Waals surface area contributed by atoms with E-state index < -0.39 is 0 Å². The third-order valence-electron chi connectivity index (χ3n) is 3.45. The van der Waals surface area contributed by atoms with Crippen molar-refractivity contribution in [3.8, 4) is 11.4 Å². The molecule has 2 aromatic rings. The summed E-state index contributed by atoms with van der Waals surface area (Å²) < 4.78 is 0. The molecule has 1 aliphatic rings. The number of hydrazine groups is 1. The first-order valence-corrected chi connectivity index (χ1v) is 7.19. The molecule has 2 aromatic heterocycles. The number of aromatic nitrogens is 2. The van der Waals surface area contributed by atoms with Gasteiger partial charge in [0.25, 0.3) is 0 Å². The fourth-order valence-electron chi connectivity index (χ4n) is 2.49. The van der Waals surface area contributed by atoms with Gasteiger partial charge < -0.3 is 5.43 Å². The Morgan fingerprint density at radius 3 is 2.78 bits per heavy atom. The average molecular weight is 260 g/mol. The molecule has 4 nitrogen and oxygen atoms in total. The standard InChI is InChI=1S/C13H16N4S/c14-17-12-7-11(9-3-1-2-4-9)15-13(16-12)10-5-6-18-8-10/h5-9H,1-4,14H2,(H,15,16,17). The summed E-state index contributed by atoms with van der Waals surface area (Å²) in [6.07, 6.45) is 5.05. The van der Waals surface area contributed by atoms with Crippen molar-refractivity contribution < 1.29 is 0 Å². The van der Waals surface area contributed by atoms with E-state index in [1.807, 2.05) is 17.5 Å². The molecule has 0 radical (unpaired) electrons. The molecule has 3 N–H and O–H groups in total. The number of hydrogen-bond donors (Lipinski definition) is 2. The predicted molar refractivity (Wildman–Crippen MR) is 74.4 cm³/mol. The second-order valence-corrected chi connectivity index (χ2v) is 5.42. The van der Waals surface area contributed by atoms with E-state index in [9.17, 15) is 0 Å². The van der Waals surface area contributed by atoms with Crippen LogP contribution in [0.2, 0.25) is 0 Å². The second-order valence-electron chi connectivity index (χ2n) is 4.64. The van der Waals surface area contributed by atoms with Gasteiger partial charge in [-0.25, -0.2) is 15.8 Å². The fraction of sp³-hybridized carbons (Fsp3) is 0.385. The van der Waals surface area contributed by atoms with Crippen molar-refractivity contribution in [2.24, 2.45) is 5.84 Å². The summed E-state index contributed by atoms with van der Waals surface area (Å²) >= 11 is 1.65. The fourth-order valence-corrected chi connectivity index (χ4v) is 3.13. The Hall–Kier alpha value is -1.46. The maximum atomic E-state index is 5.50. The van der Waals surface area contributed by atoms with Crippen molar-refractivity contribution in [3.63, 3.8) is 0 Å². The Bertz CT molecular complexity index is 518. The van der Waals surface area contributed by atoms with E-state index in [0.29, 0.717) is 11.7 Å². The Morgan fingerprint density at radius 1 is 1.28 bits per heavy atom. The van der Waals surface area contributed by atoms with E-state index in [0.717, 1.165) is 17.1 Å². The molecule has 1 saturated carbocycles. The molecule has 1 aliphatic carbocycles. The SMILES string of the molecule is NNc1cc(C2CCCC2)nc(-c2ccsc2)n1. The molecular formula is C13H16N4S. The number of nitrogens with one attached hydrogen (secondary N) is 1. The minimum atomic E-state index is 0.567. The van der Waals surface area contributed by atoms with E-state index in [4.69, 9.17) is 10.8 Å². The van der Waals surface area contributed by atoms with Crippen LogP contribution in [0.25, 0.3) is 11.4 Å². The number of hydrogen-bond acceptors (Lipinski definition) is 5. The summed E-state index contributed by atoms with van der Waals surface area (Å²) in [7, 11) is 0. The van der Waals surface area contributed by atoms with Crippen LogP contribution in [0.15, 0.2) is 22.9 Å². The summed E-state index contributed by atoms with van der Waals surface area (Å²) in [5.41, 5.74) is 4.83. The largest absolute Gasteiger partial charge is 0.308 e. The van der Waals surface area contributed by atoms with Gasteiger partial charge in [-0.15, -0.1) is 0 Å². The molecular weight excluding hydrogens is 244 g/mol. The number of anilines is 1. The van der Waals surface area contributed by atoms with Crippen molar-refractivity contribution in [1.82, 2.24) is 9.97 Å². The minimum Gasteiger partial charge on any atom is -0.308 e. The zero-order valence-electron chi connectivity index (χ0n) is 10.1. The van der Waals surface area contributed by atoms with Crippen molar-refractivity contribution in [2.75, 3.05) is 5.43 Å². The lowest BCUT2D eigenvalue weighted by Gasteiger charge is -2.11. The van der Waals surface area contributed by atoms with Crippen LogP contribution in [0.3, 0.4) is 0 Å². The maximum absolute atomic E-state index is 5.50. The first-order valence-electron chi connectivity index (χ1n) is 6.25. The summed E-state index contributed by atoms with van der Waals surface area (Å²) in [6.45, 7) is 0. The maximum Gasteiger partial charge on any atom is 0.162 e. The smallest absolute Gasteiger partial charge is 0.162 e. The quantitative estimate of drug-likeness (QED) is 0.657. The molecule has 0 atom stereocenters. The van der Waals surface area contributed by atoms with Crippen LogP contribution >= 0.6 is 11.3 Å². The van der Waals surface area contributed by atoms with Crippen molar-refractivity contribution >= 4 is 17.2 Å². The molecule has 0 unspecified atom stereocenters. The van der Waals surface area contributed by atoms with Crippen LogP contribution < -0.4 is 11.3 Å². The van der Waals surface area contributed by atoms with Gasteiger partial charge in [-0.2, -0.15) is 11.3 Å². The van der Waals surface area contributed by atoms with Crippen LogP contribution in [0.4, 0.5) is 5.82 Å². The lowest BCUT2D eigenvalue weighted by Crippen LogP contribution is -2.11. The van der Waals surface area contributed by atoms with E-state index in [-0.39, 0.29) is 0 Å². The molecule has 2 heterocycles. The third-order valence-corrected chi connectivity index (χ3v) is 4.13.